The third-order valence-corrected chi connectivity index (χ3v) is 3.69. The lowest BCUT2D eigenvalue weighted by atomic mass is 9.99. The summed E-state index contributed by atoms with van der Waals surface area (Å²) >= 11 is 0. The molecule has 0 aliphatic rings. The molecular weight excluding hydrogens is 226 g/mol. The van der Waals surface area contributed by atoms with Gasteiger partial charge in [-0.15, -0.1) is 0 Å². The highest BCUT2D eigenvalue weighted by molar-refractivity contribution is 5.75. The Labute approximate surface area is 108 Å². The molecule has 0 radical (unpaired) electrons. The molecule has 1 heterocycles. The number of aliphatic hydroxyl groups is 1. The number of aliphatic hydroxyl groups excluding tert-OH is 1. The second-order valence-electron chi connectivity index (χ2n) is 5.02. The van der Waals surface area contributed by atoms with Crippen molar-refractivity contribution in [2.75, 3.05) is 13.7 Å². The molecule has 0 bridgehead atoms. The maximum absolute atomic E-state index is 9.41. The van der Waals surface area contributed by atoms with Crippen molar-refractivity contribution in [1.29, 1.82) is 0 Å². The van der Waals surface area contributed by atoms with Gasteiger partial charge in [0.25, 0.3) is 0 Å². The predicted molar refractivity (Wildman–Crippen MR) is 73.6 cm³/mol. The first-order valence-corrected chi connectivity index (χ1v) is 6.31. The number of likely N-dealkylation sites (N-methyl/N-ethyl adjacent to an activating group) is 1. The number of hydrogen-bond donors (Lipinski definition) is 2. The Bertz CT molecular complexity index is 529. The largest absolute Gasteiger partial charge is 0.394 e. The average Bonchev–Trinajstić information content (AvgIpc) is 2.72. The van der Waals surface area contributed by atoms with Crippen molar-refractivity contribution >= 4 is 11.0 Å². The van der Waals surface area contributed by atoms with Crippen LogP contribution in [0.3, 0.4) is 0 Å². The van der Waals surface area contributed by atoms with E-state index in [4.69, 9.17) is 0 Å². The van der Waals surface area contributed by atoms with Crippen LogP contribution in [0, 0.1) is 6.92 Å². The summed E-state index contributed by atoms with van der Waals surface area (Å²) in [5.41, 5.74) is 1.95. The maximum atomic E-state index is 9.41. The molecule has 1 unspecified atom stereocenters. The van der Waals surface area contributed by atoms with E-state index >= 15 is 0 Å². The van der Waals surface area contributed by atoms with E-state index in [1.807, 2.05) is 39.1 Å². The maximum Gasteiger partial charge on any atom is 0.106 e. The van der Waals surface area contributed by atoms with Crippen LogP contribution in [0.1, 0.15) is 19.2 Å². The first-order valence-electron chi connectivity index (χ1n) is 6.31. The molecule has 98 valence electrons. The van der Waals surface area contributed by atoms with E-state index in [-0.39, 0.29) is 12.1 Å². The molecule has 1 aromatic heterocycles. The molecule has 2 rings (SSSR count). The van der Waals surface area contributed by atoms with E-state index in [0.717, 1.165) is 29.8 Å². The minimum atomic E-state index is -0.238. The first-order chi connectivity index (χ1) is 8.59. The third-order valence-electron chi connectivity index (χ3n) is 3.69. The summed E-state index contributed by atoms with van der Waals surface area (Å²) in [7, 11) is 1.88. The monoisotopic (exact) mass is 247 g/mol. The average molecular weight is 247 g/mol. The summed E-state index contributed by atoms with van der Waals surface area (Å²) in [5, 5.41) is 12.6. The minimum Gasteiger partial charge on any atom is -0.394 e. The van der Waals surface area contributed by atoms with Gasteiger partial charge in [-0.1, -0.05) is 12.1 Å². The molecule has 0 aliphatic heterocycles. The first kappa shape index (κ1) is 13.1. The molecule has 0 spiro atoms. The summed E-state index contributed by atoms with van der Waals surface area (Å²) in [5.74, 6) is 1.02. The number of rotatable bonds is 5. The van der Waals surface area contributed by atoms with Crippen molar-refractivity contribution in [3.63, 3.8) is 0 Å². The summed E-state index contributed by atoms with van der Waals surface area (Å²) in [4.78, 5) is 4.55. The zero-order valence-electron chi connectivity index (χ0n) is 11.3. The SMILES string of the molecule is CNC(C)(CO)CCn1c(C)nc2ccccc21. The number of hydrogen-bond acceptors (Lipinski definition) is 3. The fourth-order valence-electron chi connectivity index (χ4n) is 2.12. The van der Waals surface area contributed by atoms with E-state index in [0.29, 0.717) is 0 Å². The number of nitrogens with one attached hydrogen (secondary N) is 1. The lowest BCUT2D eigenvalue weighted by molar-refractivity contribution is 0.169. The number of imidazole rings is 1. The summed E-state index contributed by atoms with van der Waals surface area (Å²) in [6.07, 6.45) is 0.862. The van der Waals surface area contributed by atoms with E-state index in [2.05, 4.69) is 20.9 Å². The van der Waals surface area contributed by atoms with Crippen LogP contribution in [0.4, 0.5) is 0 Å². The van der Waals surface area contributed by atoms with E-state index in [9.17, 15) is 5.11 Å². The summed E-state index contributed by atoms with van der Waals surface area (Å²) < 4.78 is 2.21. The normalized spacial score (nSPS) is 14.9. The van der Waals surface area contributed by atoms with Crippen LogP contribution in [-0.2, 0) is 6.54 Å². The number of para-hydroxylation sites is 2. The minimum absolute atomic E-state index is 0.134. The topological polar surface area (TPSA) is 50.1 Å². The molecule has 4 nitrogen and oxygen atoms in total. The zero-order valence-corrected chi connectivity index (χ0v) is 11.3. The van der Waals surface area contributed by atoms with Gasteiger partial charge in [0.05, 0.1) is 17.6 Å². The van der Waals surface area contributed by atoms with Crippen molar-refractivity contribution < 1.29 is 5.11 Å². The summed E-state index contributed by atoms with van der Waals surface area (Å²) in [6.45, 7) is 5.04. The zero-order chi connectivity index (χ0) is 13.2. The Hall–Kier alpha value is -1.39. The predicted octanol–water partition coefficient (Wildman–Crippen LogP) is 1.71. The van der Waals surface area contributed by atoms with E-state index in [1.54, 1.807) is 0 Å². The second kappa shape index (κ2) is 5.08. The van der Waals surface area contributed by atoms with Crippen molar-refractivity contribution in [1.82, 2.24) is 14.9 Å². The van der Waals surface area contributed by atoms with Gasteiger partial charge in [-0.05, 0) is 39.4 Å². The number of nitrogens with zero attached hydrogens (tertiary/aromatic N) is 2. The highest BCUT2D eigenvalue weighted by Crippen LogP contribution is 2.18. The van der Waals surface area contributed by atoms with Crippen molar-refractivity contribution in [3.8, 4) is 0 Å². The van der Waals surface area contributed by atoms with Crippen LogP contribution >= 0.6 is 0 Å². The highest BCUT2D eigenvalue weighted by atomic mass is 16.3. The van der Waals surface area contributed by atoms with Gasteiger partial charge < -0.3 is 15.0 Å². The quantitative estimate of drug-likeness (QED) is 0.845. The molecule has 2 N–H and O–H groups in total. The van der Waals surface area contributed by atoms with Gasteiger partial charge in [0.2, 0.25) is 0 Å². The van der Waals surface area contributed by atoms with Crippen LogP contribution in [0.15, 0.2) is 24.3 Å². The Morgan fingerprint density at radius 2 is 2.11 bits per heavy atom. The van der Waals surface area contributed by atoms with Gasteiger partial charge in [-0.3, -0.25) is 0 Å². The van der Waals surface area contributed by atoms with Crippen molar-refractivity contribution in [3.05, 3.63) is 30.1 Å². The Morgan fingerprint density at radius 3 is 2.78 bits per heavy atom. The van der Waals surface area contributed by atoms with Gasteiger partial charge in [0.1, 0.15) is 5.82 Å². The van der Waals surface area contributed by atoms with Crippen LogP contribution in [0.2, 0.25) is 0 Å². The highest BCUT2D eigenvalue weighted by Gasteiger charge is 2.21. The Balaban J connectivity index is 2.24. The fraction of sp³-hybridized carbons (Fsp3) is 0.500. The molecule has 1 atom stereocenters. The third kappa shape index (κ3) is 2.40. The van der Waals surface area contributed by atoms with Crippen LogP contribution in [0.5, 0.6) is 0 Å². The Morgan fingerprint density at radius 1 is 1.39 bits per heavy atom. The Kier molecular flexibility index (Phi) is 3.68. The van der Waals surface area contributed by atoms with Crippen LogP contribution in [0.25, 0.3) is 11.0 Å². The number of aryl methyl sites for hydroxylation is 2. The van der Waals surface area contributed by atoms with Crippen LogP contribution < -0.4 is 5.32 Å². The van der Waals surface area contributed by atoms with Crippen molar-refractivity contribution in [2.24, 2.45) is 0 Å². The van der Waals surface area contributed by atoms with Crippen molar-refractivity contribution in [2.45, 2.75) is 32.4 Å². The molecule has 0 fully saturated rings. The molecule has 0 saturated carbocycles. The molecular formula is C14H21N3O. The number of fused-ring (bicyclic) bond motifs is 1. The molecule has 0 aliphatic carbocycles. The van der Waals surface area contributed by atoms with Gasteiger partial charge in [0.15, 0.2) is 0 Å². The number of benzene rings is 1. The molecule has 18 heavy (non-hydrogen) atoms. The summed E-state index contributed by atoms with van der Waals surface area (Å²) in [6, 6.07) is 8.15. The molecule has 1 aromatic carbocycles. The molecule has 2 aromatic rings. The fourth-order valence-corrected chi connectivity index (χ4v) is 2.12. The van der Waals surface area contributed by atoms with Crippen LogP contribution in [-0.4, -0.2) is 33.9 Å². The lowest BCUT2D eigenvalue weighted by Crippen LogP contribution is -2.44. The smallest absolute Gasteiger partial charge is 0.106 e. The van der Waals surface area contributed by atoms with Gasteiger partial charge in [-0.25, -0.2) is 4.98 Å². The van der Waals surface area contributed by atoms with E-state index < -0.39 is 0 Å². The second-order valence-corrected chi connectivity index (χ2v) is 5.02. The molecule has 4 heteroatoms. The molecule has 0 amide bonds. The standard InChI is InChI=1S/C14H21N3O/c1-11-16-12-6-4-5-7-13(12)17(11)9-8-14(2,10-18)15-3/h4-7,15,18H,8-10H2,1-3H3. The number of aromatic nitrogens is 2. The van der Waals surface area contributed by atoms with E-state index in [1.165, 1.54) is 0 Å². The molecule has 0 saturated heterocycles. The van der Waals surface area contributed by atoms with Gasteiger partial charge in [-0.2, -0.15) is 0 Å². The lowest BCUT2D eigenvalue weighted by Gasteiger charge is -2.27. The van der Waals surface area contributed by atoms with Gasteiger partial charge >= 0.3 is 0 Å². The van der Waals surface area contributed by atoms with Gasteiger partial charge in [0, 0.05) is 12.1 Å².